The van der Waals surface area contributed by atoms with Gasteiger partial charge in [-0.15, -0.1) is 0 Å². The van der Waals surface area contributed by atoms with Gasteiger partial charge < -0.3 is 0 Å². The Balaban J connectivity index is 3.78. The maximum Gasteiger partial charge on any atom is 0.418 e. The minimum Gasteiger partial charge on any atom is -0.258 e. The van der Waals surface area contributed by atoms with Crippen molar-refractivity contribution in [3.8, 4) is 0 Å². The molecule has 1 rings (SSSR count). The van der Waals surface area contributed by atoms with Crippen LogP contribution in [0.5, 0.6) is 0 Å². The molecule has 0 atom stereocenters. The molecule has 0 N–H and O–H groups in total. The van der Waals surface area contributed by atoms with E-state index in [9.17, 15) is 33.4 Å². The highest BCUT2D eigenvalue weighted by Crippen LogP contribution is 2.44. The number of nitrogens with zero attached hydrogens (tertiary/aromatic N) is 2. The van der Waals surface area contributed by atoms with Gasteiger partial charge in [0.1, 0.15) is 10.6 Å². The van der Waals surface area contributed by atoms with Gasteiger partial charge in [-0.3, -0.25) is 20.2 Å². The number of nitro benzene ring substituents is 2. The molecular weight excluding hydrogens is 281 g/mol. The van der Waals surface area contributed by atoms with Crippen molar-refractivity contribution in [2.45, 2.75) is 13.1 Å². The first-order chi connectivity index (χ1) is 8.07. The Morgan fingerprint density at radius 3 is 2.06 bits per heavy atom. The average molecular weight is 285 g/mol. The fraction of sp³-hybridized carbons (Fsp3) is 0.250. The number of halogens is 4. The van der Waals surface area contributed by atoms with Crippen molar-refractivity contribution in [2.75, 3.05) is 0 Å². The van der Waals surface area contributed by atoms with Crippen LogP contribution in [0.4, 0.5) is 24.5 Å². The minimum absolute atomic E-state index is 0.185. The molecule has 1 aromatic rings. The van der Waals surface area contributed by atoms with Gasteiger partial charge in [0.25, 0.3) is 11.4 Å². The second-order valence-electron chi connectivity index (χ2n) is 3.24. The minimum atomic E-state index is -5.01. The Kier molecular flexibility index (Phi) is 3.47. The zero-order chi connectivity index (χ0) is 14.2. The molecule has 6 nitrogen and oxygen atoms in total. The Morgan fingerprint density at radius 2 is 1.72 bits per heavy atom. The van der Waals surface area contributed by atoms with Crippen molar-refractivity contribution < 1.29 is 23.0 Å². The van der Waals surface area contributed by atoms with Crippen LogP contribution in [0.3, 0.4) is 0 Å². The monoisotopic (exact) mass is 284 g/mol. The number of hydrogen-bond acceptors (Lipinski definition) is 4. The summed E-state index contributed by atoms with van der Waals surface area (Å²) in [6, 6.07) is 0.185. The molecule has 0 aliphatic heterocycles. The van der Waals surface area contributed by atoms with Gasteiger partial charge in [-0.05, 0) is 6.92 Å². The van der Waals surface area contributed by atoms with Crippen LogP contribution < -0.4 is 0 Å². The lowest BCUT2D eigenvalue weighted by Gasteiger charge is -2.10. The Bertz CT molecular complexity index is 544. The van der Waals surface area contributed by atoms with E-state index in [4.69, 9.17) is 11.6 Å². The fourth-order valence-corrected chi connectivity index (χ4v) is 1.71. The molecule has 0 bridgehead atoms. The molecule has 0 radical (unpaired) electrons. The summed E-state index contributed by atoms with van der Waals surface area (Å²) in [6.45, 7) is 0.961. The van der Waals surface area contributed by atoms with Crippen molar-refractivity contribution >= 4 is 23.0 Å². The lowest BCUT2D eigenvalue weighted by Crippen LogP contribution is -2.10. The third-order valence-electron chi connectivity index (χ3n) is 2.15. The highest BCUT2D eigenvalue weighted by Gasteiger charge is 2.40. The number of alkyl halides is 3. The molecule has 0 aliphatic rings. The van der Waals surface area contributed by atoms with Crippen molar-refractivity contribution in [2.24, 2.45) is 0 Å². The van der Waals surface area contributed by atoms with E-state index in [1.807, 2.05) is 0 Å². The lowest BCUT2D eigenvalue weighted by atomic mass is 10.1. The van der Waals surface area contributed by atoms with Crippen molar-refractivity contribution in [3.63, 3.8) is 0 Å². The summed E-state index contributed by atoms with van der Waals surface area (Å²) in [4.78, 5) is 18.9. The summed E-state index contributed by atoms with van der Waals surface area (Å²) in [7, 11) is 0. The van der Waals surface area contributed by atoms with E-state index >= 15 is 0 Å². The van der Waals surface area contributed by atoms with Crippen LogP contribution in [0.15, 0.2) is 6.07 Å². The maximum atomic E-state index is 12.5. The van der Waals surface area contributed by atoms with Crippen LogP contribution in [0.25, 0.3) is 0 Å². The maximum absolute atomic E-state index is 12.5. The molecule has 98 valence electrons. The smallest absolute Gasteiger partial charge is 0.258 e. The zero-order valence-electron chi connectivity index (χ0n) is 8.62. The summed E-state index contributed by atoms with van der Waals surface area (Å²) in [6.07, 6.45) is -5.01. The molecule has 0 spiro atoms. The van der Waals surface area contributed by atoms with Gasteiger partial charge in [0, 0.05) is 6.07 Å². The number of rotatable bonds is 2. The fourth-order valence-electron chi connectivity index (χ4n) is 1.33. The summed E-state index contributed by atoms with van der Waals surface area (Å²) in [5, 5.41) is 20.0. The quantitative estimate of drug-likeness (QED) is 0.614. The number of hydrogen-bond donors (Lipinski definition) is 0. The van der Waals surface area contributed by atoms with Crippen LogP contribution in [0.2, 0.25) is 5.02 Å². The highest BCUT2D eigenvalue weighted by atomic mass is 35.5. The predicted molar refractivity (Wildman–Crippen MR) is 54.5 cm³/mol. The summed E-state index contributed by atoms with van der Waals surface area (Å²) in [5.41, 5.74) is -4.24. The highest BCUT2D eigenvalue weighted by molar-refractivity contribution is 6.33. The van der Waals surface area contributed by atoms with Gasteiger partial charge in [0.15, 0.2) is 0 Å². The average Bonchev–Trinajstić information content (AvgIpc) is 2.13. The molecule has 0 unspecified atom stereocenters. The largest absolute Gasteiger partial charge is 0.418 e. The van der Waals surface area contributed by atoms with E-state index in [2.05, 4.69) is 0 Å². The van der Waals surface area contributed by atoms with Crippen molar-refractivity contribution in [3.05, 3.63) is 42.4 Å². The van der Waals surface area contributed by atoms with Crippen LogP contribution in [-0.4, -0.2) is 9.85 Å². The topological polar surface area (TPSA) is 86.3 Å². The molecule has 0 aliphatic carbocycles. The SMILES string of the molecule is Cc1c([N+](=O)[O-])cc(C(F)(F)F)c(Cl)c1[N+](=O)[O-]. The van der Waals surface area contributed by atoms with Crippen molar-refractivity contribution in [1.82, 2.24) is 0 Å². The molecule has 18 heavy (non-hydrogen) atoms. The molecule has 0 amide bonds. The Hall–Kier alpha value is -1.90. The Morgan fingerprint density at radius 1 is 1.22 bits per heavy atom. The molecule has 0 heterocycles. The van der Waals surface area contributed by atoms with Gasteiger partial charge in [0.2, 0.25) is 0 Å². The first-order valence-corrected chi connectivity index (χ1v) is 4.64. The van der Waals surface area contributed by atoms with E-state index in [0.717, 1.165) is 6.92 Å². The van der Waals surface area contributed by atoms with Crippen LogP contribution in [0, 0.1) is 27.2 Å². The van der Waals surface area contributed by atoms with Crippen LogP contribution >= 0.6 is 11.6 Å². The number of nitro groups is 2. The zero-order valence-corrected chi connectivity index (χ0v) is 9.37. The Labute approximate surface area is 102 Å². The third kappa shape index (κ3) is 2.35. The third-order valence-corrected chi connectivity index (χ3v) is 2.53. The molecule has 0 aromatic heterocycles. The lowest BCUT2D eigenvalue weighted by molar-refractivity contribution is -0.395. The first-order valence-electron chi connectivity index (χ1n) is 4.26. The molecule has 1 aromatic carbocycles. The summed E-state index contributed by atoms with van der Waals surface area (Å²) >= 11 is 5.29. The van der Waals surface area contributed by atoms with E-state index in [1.54, 1.807) is 0 Å². The standard InChI is InChI=1S/C8H4ClF3N2O4/c1-3-5(13(15)16)2-4(8(10,11)12)6(9)7(3)14(17)18/h2H,1H3. The van der Waals surface area contributed by atoms with E-state index in [0.29, 0.717) is 0 Å². The van der Waals surface area contributed by atoms with Crippen molar-refractivity contribution in [1.29, 1.82) is 0 Å². The summed E-state index contributed by atoms with van der Waals surface area (Å²) < 4.78 is 37.6. The number of benzene rings is 1. The second kappa shape index (κ2) is 4.41. The normalized spacial score (nSPS) is 11.4. The van der Waals surface area contributed by atoms with E-state index in [-0.39, 0.29) is 6.07 Å². The predicted octanol–water partition coefficient (Wildman–Crippen LogP) is 3.48. The summed E-state index contributed by atoms with van der Waals surface area (Å²) in [5.74, 6) is 0. The second-order valence-corrected chi connectivity index (χ2v) is 3.62. The van der Waals surface area contributed by atoms with Crippen LogP contribution in [-0.2, 0) is 6.18 Å². The molecule has 10 heteroatoms. The van der Waals surface area contributed by atoms with E-state index < -0.39 is 43.5 Å². The molecule has 0 fully saturated rings. The molecule has 0 saturated carbocycles. The van der Waals surface area contributed by atoms with E-state index in [1.165, 1.54) is 0 Å². The molecular formula is C8H4ClF3N2O4. The van der Waals surface area contributed by atoms with Gasteiger partial charge >= 0.3 is 6.18 Å². The van der Waals surface area contributed by atoms with Crippen LogP contribution in [0.1, 0.15) is 11.1 Å². The van der Waals surface area contributed by atoms with Gasteiger partial charge in [-0.25, -0.2) is 0 Å². The van der Waals surface area contributed by atoms with Gasteiger partial charge in [-0.2, -0.15) is 13.2 Å². The van der Waals surface area contributed by atoms with Gasteiger partial charge in [0.05, 0.1) is 15.4 Å². The first kappa shape index (κ1) is 14.2. The van der Waals surface area contributed by atoms with Gasteiger partial charge in [-0.1, -0.05) is 11.6 Å². The molecule has 0 saturated heterocycles.